The Balaban J connectivity index is 1.57. The molecule has 3 aromatic carbocycles. The molecule has 1 saturated heterocycles. The first kappa shape index (κ1) is 24.0. The number of carbonyl (C=O) groups is 3. The maximum Gasteiger partial charge on any atom is 0.335 e. The molecule has 1 aliphatic rings. The van der Waals surface area contributed by atoms with E-state index in [2.05, 4.69) is 5.32 Å². The number of amides is 4. The zero-order valence-electron chi connectivity index (χ0n) is 19.2. The molecule has 0 spiro atoms. The summed E-state index contributed by atoms with van der Waals surface area (Å²) in [6.07, 6.45) is 2.24. The molecule has 0 aliphatic carbocycles. The average molecular weight is 491 g/mol. The van der Waals surface area contributed by atoms with Gasteiger partial charge in [0.2, 0.25) is 0 Å². The fraction of sp³-hybridized carbons (Fsp3) is 0.148. The second-order valence-electron chi connectivity index (χ2n) is 7.80. The van der Waals surface area contributed by atoms with Gasteiger partial charge >= 0.3 is 6.03 Å². The fourth-order valence-corrected chi connectivity index (χ4v) is 3.70. The van der Waals surface area contributed by atoms with Crippen molar-refractivity contribution in [3.63, 3.8) is 0 Å². The van der Waals surface area contributed by atoms with Gasteiger partial charge < -0.3 is 9.47 Å². The van der Waals surface area contributed by atoms with Crippen LogP contribution in [0.2, 0.25) is 5.02 Å². The molecular weight excluding hydrogens is 468 g/mol. The van der Waals surface area contributed by atoms with E-state index in [1.807, 2.05) is 31.2 Å². The second kappa shape index (κ2) is 10.4. The Kier molecular flexibility index (Phi) is 7.17. The Labute approximate surface area is 207 Å². The van der Waals surface area contributed by atoms with Crippen LogP contribution in [0.5, 0.6) is 11.5 Å². The molecule has 4 amide bonds. The zero-order valence-corrected chi connectivity index (χ0v) is 20.0. The molecule has 0 saturated carbocycles. The van der Waals surface area contributed by atoms with Crippen LogP contribution in [-0.4, -0.2) is 25.0 Å². The molecule has 8 heteroatoms. The third kappa shape index (κ3) is 5.36. The number of rotatable bonds is 7. The SMILES string of the molecule is CCc1ccc(N2C(=O)NC(=O)/C(=C/c3ccc(OCc4ccc(Cl)cc4)c(OC)c3)C2=O)cc1. The smallest absolute Gasteiger partial charge is 0.335 e. The number of imide groups is 2. The number of benzene rings is 3. The van der Waals surface area contributed by atoms with E-state index in [0.717, 1.165) is 22.4 Å². The molecule has 0 radical (unpaired) electrons. The van der Waals surface area contributed by atoms with Gasteiger partial charge in [-0.05, 0) is 65.6 Å². The van der Waals surface area contributed by atoms with Crippen molar-refractivity contribution in [1.82, 2.24) is 5.32 Å². The average Bonchev–Trinajstić information content (AvgIpc) is 2.86. The molecule has 3 aromatic rings. The molecule has 4 rings (SSSR count). The van der Waals surface area contributed by atoms with Crippen molar-refractivity contribution in [2.24, 2.45) is 0 Å². The van der Waals surface area contributed by atoms with Crippen LogP contribution in [0.4, 0.5) is 10.5 Å². The summed E-state index contributed by atoms with van der Waals surface area (Å²) in [6.45, 7) is 2.32. The Morgan fingerprint density at radius 3 is 2.26 bits per heavy atom. The topological polar surface area (TPSA) is 84.9 Å². The predicted octanol–water partition coefficient (Wildman–Crippen LogP) is 5.16. The number of carbonyl (C=O) groups excluding carboxylic acids is 3. The number of methoxy groups -OCH3 is 1. The molecule has 7 nitrogen and oxygen atoms in total. The molecular formula is C27H23ClN2O5. The lowest BCUT2D eigenvalue weighted by atomic mass is 10.1. The fourth-order valence-electron chi connectivity index (χ4n) is 3.57. The third-order valence-electron chi connectivity index (χ3n) is 5.51. The minimum Gasteiger partial charge on any atom is -0.493 e. The van der Waals surface area contributed by atoms with Crippen molar-refractivity contribution in [2.75, 3.05) is 12.0 Å². The summed E-state index contributed by atoms with van der Waals surface area (Å²) in [5, 5.41) is 2.88. The van der Waals surface area contributed by atoms with Crippen LogP contribution in [0, 0.1) is 0 Å². The normalized spacial score (nSPS) is 14.8. The van der Waals surface area contributed by atoms with Crippen molar-refractivity contribution in [1.29, 1.82) is 0 Å². The van der Waals surface area contributed by atoms with Crippen LogP contribution in [0.25, 0.3) is 6.08 Å². The first-order valence-corrected chi connectivity index (χ1v) is 11.3. The van der Waals surface area contributed by atoms with Crippen molar-refractivity contribution >= 4 is 41.2 Å². The summed E-state index contributed by atoms with van der Waals surface area (Å²) < 4.78 is 11.3. The summed E-state index contributed by atoms with van der Waals surface area (Å²) in [7, 11) is 1.50. The molecule has 0 aromatic heterocycles. The van der Waals surface area contributed by atoms with Gasteiger partial charge in [0, 0.05) is 5.02 Å². The molecule has 1 fully saturated rings. The van der Waals surface area contributed by atoms with E-state index >= 15 is 0 Å². The highest BCUT2D eigenvalue weighted by molar-refractivity contribution is 6.39. The molecule has 0 bridgehead atoms. The molecule has 1 N–H and O–H groups in total. The first-order chi connectivity index (χ1) is 16.9. The number of aryl methyl sites for hydroxylation is 1. The number of anilines is 1. The van der Waals surface area contributed by atoms with Crippen LogP contribution in [-0.2, 0) is 22.6 Å². The number of hydrogen-bond acceptors (Lipinski definition) is 5. The maximum absolute atomic E-state index is 13.1. The number of nitrogens with one attached hydrogen (secondary N) is 1. The van der Waals surface area contributed by atoms with Crippen molar-refractivity contribution < 1.29 is 23.9 Å². The summed E-state index contributed by atoms with van der Waals surface area (Å²) in [6, 6.07) is 18.6. The Hall–Kier alpha value is -4.10. The van der Waals surface area contributed by atoms with Gasteiger partial charge in [-0.25, -0.2) is 9.69 Å². The first-order valence-electron chi connectivity index (χ1n) is 10.9. The summed E-state index contributed by atoms with van der Waals surface area (Å²) in [5.74, 6) is -0.537. The van der Waals surface area contributed by atoms with E-state index in [-0.39, 0.29) is 5.57 Å². The standard InChI is InChI=1S/C27H23ClN2O5/c1-3-17-6-11-21(12-7-17)30-26(32)22(25(31)29-27(30)33)14-19-8-13-23(24(15-19)34-2)35-16-18-4-9-20(28)10-5-18/h4-15H,3,16H2,1-2H3,(H,29,31,33)/b22-14-. The minimum absolute atomic E-state index is 0.166. The molecule has 0 atom stereocenters. The van der Waals surface area contributed by atoms with Crippen LogP contribution < -0.4 is 19.7 Å². The van der Waals surface area contributed by atoms with Crippen molar-refractivity contribution in [3.8, 4) is 11.5 Å². The highest BCUT2D eigenvalue weighted by atomic mass is 35.5. The summed E-state index contributed by atoms with van der Waals surface area (Å²) >= 11 is 5.92. The number of urea groups is 1. The van der Waals surface area contributed by atoms with Gasteiger partial charge in [0.25, 0.3) is 11.8 Å². The highest BCUT2D eigenvalue weighted by Gasteiger charge is 2.36. The van der Waals surface area contributed by atoms with Crippen molar-refractivity contribution in [3.05, 3.63) is 94.0 Å². The van der Waals surface area contributed by atoms with Crippen LogP contribution >= 0.6 is 11.6 Å². The van der Waals surface area contributed by atoms with Crippen molar-refractivity contribution in [2.45, 2.75) is 20.0 Å². The molecule has 178 valence electrons. The Bertz CT molecular complexity index is 1300. The van der Waals surface area contributed by atoms with E-state index in [1.54, 1.807) is 42.5 Å². The van der Waals surface area contributed by atoms with Gasteiger partial charge in [-0.1, -0.05) is 48.9 Å². The lowest BCUT2D eigenvalue weighted by Crippen LogP contribution is -2.54. The van der Waals surface area contributed by atoms with E-state index in [9.17, 15) is 14.4 Å². The van der Waals surface area contributed by atoms with E-state index in [0.29, 0.717) is 34.4 Å². The van der Waals surface area contributed by atoms with Gasteiger partial charge in [0.05, 0.1) is 12.8 Å². The van der Waals surface area contributed by atoms with Gasteiger partial charge in [0.1, 0.15) is 12.2 Å². The molecule has 1 aliphatic heterocycles. The predicted molar refractivity (Wildman–Crippen MR) is 134 cm³/mol. The summed E-state index contributed by atoms with van der Waals surface area (Å²) in [4.78, 5) is 39.0. The van der Waals surface area contributed by atoms with Crippen LogP contribution in [0.15, 0.2) is 72.3 Å². The Morgan fingerprint density at radius 2 is 1.60 bits per heavy atom. The maximum atomic E-state index is 13.1. The van der Waals surface area contributed by atoms with E-state index < -0.39 is 17.8 Å². The van der Waals surface area contributed by atoms with Gasteiger partial charge in [-0.2, -0.15) is 0 Å². The lowest BCUT2D eigenvalue weighted by molar-refractivity contribution is -0.122. The monoisotopic (exact) mass is 490 g/mol. The van der Waals surface area contributed by atoms with E-state index in [4.69, 9.17) is 21.1 Å². The number of nitrogens with zero attached hydrogens (tertiary/aromatic N) is 1. The lowest BCUT2D eigenvalue weighted by Gasteiger charge is -2.26. The highest BCUT2D eigenvalue weighted by Crippen LogP contribution is 2.30. The van der Waals surface area contributed by atoms with Crippen LogP contribution in [0.1, 0.15) is 23.6 Å². The van der Waals surface area contributed by atoms with Crippen LogP contribution in [0.3, 0.4) is 0 Å². The van der Waals surface area contributed by atoms with Gasteiger partial charge in [0.15, 0.2) is 11.5 Å². The molecule has 35 heavy (non-hydrogen) atoms. The number of barbiturate groups is 1. The van der Waals surface area contributed by atoms with Gasteiger partial charge in [-0.3, -0.25) is 14.9 Å². The number of halogens is 1. The number of ether oxygens (including phenoxy) is 2. The quantitative estimate of drug-likeness (QED) is 0.365. The van der Waals surface area contributed by atoms with Gasteiger partial charge in [-0.15, -0.1) is 0 Å². The number of hydrogen-bond donors (Lipinski definition) is 1. The molecule has 1 heterocycles. The Morgan fingerprint density at radius 1 is 0.914 bits per heavy atom. The largest absolute Gasteiger partial charge is 0.493 e. The third-order valence-corrected chi connectivity index (χ3v) is 5.76. The molecule has 0 unspecified atom stereocenters. The summed E-state index contributed by atoms with van der Waals surface area (Å²) in [5.41, 5.74) is 2.75. The zero-order chi connectivity index (χ0) is 24.9. The van der Waals surface area contributed by atoms with E-state index in [1.165, 1.54) is 13.2 Å². The minimum atomic E-state index is -0.787. The second-order valence-corrected chi connectivity index (χ2v) is 8.24.